The fourth-order valence-corrected chi connectivity index (χ4v) is 2.03. The van der Waals surface area contributed by atoms with Gasteiger partial charge in [-0.25, -0.2) is 0 Å². The first-order valence-corrected chi connectivity index (χ1v) is 6.81. The number of carbonyl (C=O) groups is 2. The topological polar surface area (TPSA) is 69.9 Å². The number of rotatable bonds is 5. The molecule has 0 atom stereocenters. The molecule has 108 valence electrons. The van der Waals surface area contributed by atoms with E-state index in [0.717, 1.165) is 13.1 Å². The number of likely N-dealkylation sites (N-methyl/N-ethyl adjacent to an activating group) is 1. The van der Waals surface area contributed by atoms with E-state index in [9.17, 15) is 9.59 Å². The van der Waals surface area contributed by atoms with Crippen LogP contribution in [0, 0.1) is 0 Å². The second kappa shape index (κ2) is 7.40. The molecule has 7 heteroatoms. The van der Waals surface area contributed by atoms with Gasteiger partial charge in [0.2, 0.25) is 11.8 Å². The Morgan fingerprint density at radius 1 is 1.26 bits per heavy atom. The molecule has 0 unspecified atom stereocenters. The molecule has 1 aliphatic rings. The highest BCUT2D eigenvalue weighted by Gasteiger charge is 2.21. The standard InChI is InChI=1S/C12H22N4O2S/c1-10(17)16-7-5-15(6-8-16)9-12(18)14(2)4-3-11(13)19/h3-9H2,1-2H3,(H2,13,19). The van der Waals surface area contributed by atoms with Crippen LogP contribution in [0.25, 0.3) is 0 Å². The number of hydrogen-bond acceptors (Lipinski definition) is 4. The van der Waals surface area contributed by atoms with Crippen molar-refractivity contribution in [1.82, 2.24) is 14.7 Å². The molecule has 0 spiro atoms. The Kier molecular flexibility index (Phi) is 6.17. The van der Waals surface area contributed by atoms with Gasteiger partial charge in [-0.2, -0.15) is 0 Å². The normalized spacial score (nSPS) is 16.2. The summed E-state index contributed by atoms with van der Waals surface area (Å²) in [4.78, 5) is 29.1. The van der Waals surface area contributed by atoms with Gasteiger partial charge in [0, 0.05) is 53.1 Å². The first-order valence-electron chi connectivity index (χ1n) is 6.40. The molecule has 0 aromatic rings. The summed E-state index contributed by atoms with van der Waals surface area (Å²) in [5, 5.41) is 0. The molecule has 0 aromatic carbocycles. The van der Waals surface area contributed by atoms with E-state index in [-0.39, 0.29) is 11.8 Å². The van der Waals surface area contributed by atoms with Gasteiger partial charge in [-0.05, 0) is 0 Å². The minimum Gasteiger partial charge on any atom is -0.393 e. The van der Waals surface area contributed by atoms with Crippen molar-refractivity contribution in [3.63, 3.8) is 0 Å². The van der Waals surface area contributed by atoms with Crippen LogP contribution in [-0.4, -0.2) is 77.8 Å². The molecular formula is C12H22N4O2S. The van der Waals surface area contributed by atoms with Crippen LogP contribution < -0.4 is 5.73 Å². The lowest BCUT2D eigenvalue weighted by Crippen LogP contribution is -2.50. The summed E-state index contributed by atoms with van der Waals surface area (Å²) in [7, 11) is 1.76. The second-order valence-corrected chi connectivity index (χ2v) is 5.34. The Hall–Kier alpha value is -1.21. The predicted molar refractivity (Wildman–Crippen MR) is 77.7 cm³/mol. The number of hydrogen-bond donors (Lipinski definition) is 1. The molecule has 19 heavy (non-hydrogen) atoms. The fourth-order valence-electron chi connectivity index (χ4n) is 1.94. The quantitative estimate of drug-likeness (QED) is 0.676. The third-order valence-electron chi connectivity index (χ3n) is 3.30. The van der Waals surface area contributed by atoms with E-state index in [1.165, 1.54) is 0 Å². The maximum absolute atomic E-state index is 12.0. The minimum absolute atomic E-state index is 0.0625. The zero-order valence-corrected chi connectivity index (χ0v) is 12.4. The maximum atomic E-state index is 12.0. The number of nitrogens with zero attached hydrogens (tertiary/aromatic N) is 3. The predicted octanol–water partition coefficient (Wildman–Crippen LogP) is -0.715. The average Bonchev–Trinajstić information content (AvgIpc) is 2.36. The molecule has 0 radical (unpaired) electrons. The van der Waals surface area contributed by atoms with Crippen molar-refractivity contribution in [2.45, 2.75) is 13.3 Å². The van der Waals surface area contributed by atoms with Crippen molar-refractivity contribution in [3.8, 4) is 0 Å². The van der Waals surface area contributed by atoms with Crippen molar-refractivity contribution >= 4 is 29.0 Å². The number of thiocarbonyl (C=S) groups is 1. The number of carbonyl (C=O) groups excluding carboxylic acids is 2. The van der Waals surface area contributed by atoms with Gasteiger partial charge in [0.05, 0.1) is 11.5 Å². The van der Waals surface area contributed by atoms with E-state index in [2.05, 4.69) is 4.90 Å². The van der Waals surface area contributed by atoms with Gasteiger partial charge in [-0.1, -0.05) is 12.2 Å². The number of nitrogens with two attached hydrogens (primary N) is 1. The van der Waals surface area contributed by atoms with Crippen LogP contribution in [0.15, 0.2) is 0 Å². The van der Waals surface area contributed by atoms with E-state index in [4.69, 9.17) is 18.0 Å². The molecule has 0 bridgehead atoms. The van der Waals surface area contributed by atoms with Crippen molar-refractivity contribution in [3.05, 3.63) is 0 Å². The lowest BCUT2D eigenvalue weighted by Gasteiger charge is -2.34. The Morgan fingerprint density at radius 2 is 1.84 bits per heavy atom. The Balaban J connectivity index is 2.30. The van der Waals surface area contributed by atoms with Crippen LogP contribution in [0.3, 0.4) is 0 Å². The molecule has 1 heterocycles. The summed E-state index contributed by atoms with van der Waals surface area (Å²) in [6, 6.07) is 0. The van der Waals surface area contributed by atoms with E-state index in [1.807, 2.05) is 0 Å². The van der Waals surface area contributed by atoms with Gasteiger partial charge in [0.25, 0.3) is 0 Å². The van der Waals surface area contributed by atoms with Crippen molar-refractivity contribution in [2.75, 3.05) is 46.3 Å². The summed E-state index contributed by atoms with van der Waals surface area (Å²) >= 11 is 4.79. The van der Waals surface area contributed by atoms with Gasteiger partial charge >= 0.3 is 0 Å². The lowest BCUT2D eigenvalue weighted by atomic mass is 10.3. The summed E-state index contributed by atoms with van der Waals surface area (Å²) in [5.41, 5.74) is 5.41. The minimum atomic E-state index is 0.0625. The largest absolute Gasteiger partial charge is 0.393 e. The first-order chi connectivity index (χ1) is 8.90. The average molecular weight is 286 g/mol. The first kappa shape index (κ1) is 15.8. The highest BCUT2D eigenvalue weighted by molar-refractivity contribution is 7.80. The van der Waals surface area contributed by atoms with Gasteiger partial charge in [-0.15, -0.1) is 0 Å². The van der Waals surface area contributed by atoms with Crippen LogP contribution in [0.4, 0.5) is 0 Å². The Labute approximate surface area is 119 Å². The molecule has 1 saturated heterocycles. The summed E-state index contributed by atoms with van der Waals surface area (Å²) < 4.78 is 0. The Morgan fingerprint density at radius 3 is 2.32 bits per heavy atom. The van der Waals surface area contributed by atoms with E-state index in [1.54, 1.807) is 23.8 Å². The Bertz CT molecular complexity index is 354. The zero-order chi connectivity index (χ0) is 14.4. The van der Waals surface area contributed by atoms with Crippen LogP contribution in [0.1, 0.15) is 13.3 Å². The van der Waals surface area contributed by atoms with E-state index < -0.39 is 0 Å². The summed E-state index contributed by atoms with van der Waals surface area (Å²) in [6.07, 6.45) is 0.551. The lowest BCUT2D eigenvalue weighted by molar-refractivity contribution is -0.133. The SMILES string of the molecule is CC(=O)N1CCN(CC(=O)N(C)CCC(N)=S)CC1. The van der Waals surface area contributed by atoms with Crippen molar-refractivity contribution in [1.29, 1.82) is 0 Å². The monoisotopic (exact) mass is 286 g/mol. The van der Waals surface area contributed by atoms with Crippen molar-refractivity contribution < 1.29 is 9.59 Å². The summed E-state index contributed by atoms with van der Waals surface area (Å²) in [5.74, 6) is 0.159. The highest BCUT2D eigenvalue weighted by Crippen LogP contribution is 2.02. The van der Waals surface area contributed by atoms with Gasteiger partial charge < -0.3 is 15.5 Å². The van der Waals surface area contributed by atoms with Gasteiger partial charge in [-0.3, -0.25) is 14.5 Å². The highest BCUT2D eigenvalue weighted by atomic mass is 32.1. The van der Waals surface area contributed by atoms with Crippen LogP contribution in [-0.2, 0) is 9.59 Å². The molecular weight excluding hydrogens is 264 g/mol. The van der Waals surface area contributed by atoms with Crippen LogP contribution in [0.5, 0.6) is 0 Å². The zero-order valence-electron chi connectivity index (χ0n) is 11.6. The molecule has 0 saturated carbocycles. The molecule has 0 aromatic heterocycles. The second-order valence-electron chi connectivity index (χ2n) is 4.81. The van der Waals surface area contributed by atoms with E-state index >= 15 is 0 Å². The molecule has 6 nitrogen and oxygen atoms in total. The number of piperazine rings is 1. The third kappa shape index (κ3) is 5.52. The third-order valence-corrected chi connectivity index (χ3v) is 3.50. The van der Waals surface area contributed by atoms with Crippen LogP contribution >= 0.6 is 12.2 Å². The molecule has 1 rings (SSSR count). The molecule has 0 aliphatic carbocycles. The molecule has 1 fully saturated rings. The number of amides is 2. The molecule has 1 aliphatic heterocycles. The maximum Gasteiger partial charge on any atom is 0.236 e. The molecule has 2 N–H and O–H groups in total. The van der Waals surface area contributed by atoms with Gasteiger partial charge in [0.15, 0.2) is 0 Å². The smallest absolute Gasteiger partial charge is 0.236 e. The van der Waals surface area contributed by atoms with E-state index in [0.29, 0.717) is 37.6 Å². The van der Waals surface area contributed by atoms with Gasteiger partial charge in [0.1, 0.15) is 0 Å². The summed E-state index contributed by atoms with van der Waals surface area (Å²) in [6.45, 7) is 5.40. The van der Waals surface area contributed by atoms with Crippen LogP contribution in [0.2, 0.25) is 0 Å². The fraction of sp³-hybridized carbons (Fsp3) is 0.750. The van der Waals surface area contributed by atoms with Crippen molar-refractivity contribution in [2.24, 2.45) is 5.73 Å². The molecule has 2 amide bonds.